The molecule has 0 aliphatic carbocycles. The first-order chi connectivity index (χ1) is 9.83. The Hall–Kier alpha value is -2.10. The summed E-state index contributed by atoms with van der Waals surface area (Å²) in [5, 5.41) is 0. The molecule has 4 heteroatoms. The monoisotopic (exact) mass is 269 g/mol. The highest BCUT2D eigenvalue weighted by Gasteiger charge is 2.17. The fourth-order valence-corrected chi connectivity index (χ4v) is 2.62. The molecular weight excluding hydrogens is 250 g/mol. The van der Waals surface area contributed by atoms with Gasteiger partial charge in [-0.05, 0) is 37.0 Å². The van der Waals surface area contributed by atoms with Crippen LogP contribution in [0.2, 0.25) is 0 Å². The molecule has 4 nitrogen and oxygen atoms in total. The van der Waals surface area contributed by atoms with Gasteiger partial charge < -0.3 is 9.47 Å². The first-order valence-electron chi connectivity index (χ1n) is 7.17. The lowest BCUT2D eigenvalue weighted by Crippen LogP contribution is -2.35. The molecule has 0 N–H and O–H groups in total. The van der Waals surface area contributed by atoms with Crippen LogP contribution >= 0.6 is 0 Å². The topological polar surface area (TPSA) is 38.1 Å². The Morgan fingerprint density at radius 1 is 1.10 bits per heavy atom. The number of carbonyl (C=O) groups is 1. The van der Waals surface area contributed by atoms with Crippen LogP contribution < -0.4 is 0 Å². The van der Waals surface area contributed by atoms with Crippen LogP contribution in [0.1, 0.15) is 35.2 Å². The average Bonchev–Trinajstić information content (AvgIpc) is 3.01. The Balaban J connectivity index is 1.67. The lowest BCUT2D eigenvalue weighted by atomic mass is 10.1. The number of nitrogens with zero attached hydrogens (tertiary/aromatic N) is 3. The first kappa shape index (κ1) is 12.9. The van der Waals surface area contributed by atoms with E-state index in [2.05, 4.69) is 4.98 Å². The van der Waals surface area contributed by atoms with Crippen LogP contribution in [-0.2, 0) is 6.54 Å². The van der Waals surface area contributed by atoms with Crippen molar-refractivity contribution >= 4 is 5.91 Å². The van der Waals surface area contributed by atoms with Gasteiger partial charge in [-0.2, -0.15) is 0 Å². The third-order valence-electron chi connectivity index (χ3n) is 3.77. The minimum Gasteiger partial charge on any atom is -0.339 e. The van der Waals surface area contributed by atoms with Crippen molar-refractivity contribution in [3.05, 3.63) is 54.1 Å². The van der Waals surface area contributed by atoms with E-state index in [4.69, 9.17) is 0 Å². The Bertz CT molecular complexity index is 554. The van der Waals surface area contributed by atoms with Gasteiger partial charge in [0.05, 0.1) is 6.33 Å². The average molecular weight is 269 g/mol. The Morgan fingerprint density at radius 3 is 2.50 bits per heavy atom. The van der Waals surface area contributed by atoms with Gasteiger partial charge in [-0.3, -0.25) is 4.79 Å². The smallest absolute Gasteiger partial charge is 0.253 e. The van der Waals surface area contributed by atoms with E-state index in [1.54, 1.807) is 12.5 Å². The van der Waals surface area contributed by atoms with Gasteiger partial charge in [0, 0.05) is 37.6 Å². The second-order valence-corrected chi connectivity index (χ2v) is 5.28. The van der Waals surface area contributed by atoms with Gasteiger partial charge in [0.25, 0.3) is 5.91 Å². The van der Waals surface area contributed by atoms with E-state index in [1.807, 2.05) is 39.9 Å². The molecule has 0 atom stereocenters. The maximum atomic E-state index is 12.3. The molecule has 0 spiro atoms. The molecule has 1 fully saturated rings. The fourth-order valence-electron chi connectivity index (χ4n) is 2.62. The minimum absolute atomic E-state index is 0.166. The van der Waals surface area contributed by atoms with E-state index in [0.29, 0.717) is 0 Å². The van der Waals surface area contributed by atoms with Crippen LogP contribution in [0.15, 0.2) is 43.0 Å². The summed E-state index contributed by atoms with van der Waals surface area (Å²) in [5.74, 6) is 0.166. The number of benzene rings is 1. The van der Waals surface area contributed by atoms with Gasteiger partial charge >= 0.3 is 0 Å². The predicted octanol–water partition coefficient (Wildman–Crippen LogP) is 2.56. The molecule has 2 aromatic rings. The van der Waals surface area contributed by atoms with Crippen molar-refractivity contribution in [1.82, 2.24) is 14.5 Å². The number of hydrogen-bond acceptors (Lipinski definition) is 2. The highest BCUT2D eigenvalue weighted by molar-refractivity contribution is 5.94. The quantitative estimate of drug-likeness (QED) is 0.859. The van der Waals surface area contributed by atoms with Crippen molar-refractivity contribution < 1.29 is 4.79 Å². The maximum Gasteiger partial charge on any atom is 0.253 e. The van der Waals surface area contributed by atoms with Crippen molar-refractivity contribution in [3.8, 4) is 0 Å². The number of rotatable bonds is 3. The first-order valence-corrected chi connectivity index (χ1v) is 7.17. The Kier molecular flexibility index (Phi) is 3.81. The second-order valence-electron chi connectivity index (χ2n) is 5.28. The van der Waals surface area contributed by atoms with E-state index in [9.17, 15) is 4.79 Å². The minimum atomic E-state index is 0.166. The largest absolute Gasteiger partial charge is 0.339 e. The molecule has 104 valence electrons. The van der Waals surface area contributed by atoms with Crippen molar-refractivity contribution in [2.75, 3.05) is 13.1 Å². The number of imidazole rings is 1. The molecule has 0 unspecified atom stereocenters. The number of hydrogen-bond donors (Lipinski definition) is 0. The third-order valence-corrected chi connectivity index (χ3v) is 3.77. The normalized spacial score (nSPS) is 15.3. The van der Waals surface area contributed by atoms with Crippen LogP contribution in [0.25, 0.3) is 0 Å². The lowest BCUT2D eigenvalue weighted by molar-refractivity contribution is 0.0724. The van der Waals surface area contributed by atoms with Gasteiger partial charge in [0.2, 0.25) is 0 Å². The number of likely N-dealkylation sites (tertiary alicyclic amines) is 1. The summed E-state index contributed by atoms with van der Waals surface area (Å²) in [6.07, 6.45) is 9.01. The zero-order valence-corrected chi connectivity index (χ0v) is 11.5. The molecule has 0 bridgehead atoms. The van der Waals surface area contributed by atoms with Crippen LogP contribution in [0, 0.1) is 0 Å². The zero-order valence-electron chi connectivity index (χ0n) is 11.5. The summed E-state index contributed by atoms with van der Waals surface area (Å²) >= 11 is 0. The standard InChI is InChI=1S/C16H19N3O/c20-16(19-9-2-1-3-10-19)15-6-4-14(5-7-15)12-18-11-8-17-13-18/h4-8,11,13H,1-3,9-10,12H2. The van der Waals surface area contributed by atoms with Crippen molar-refractivity contribution in [3.63, 3.8) is 0 Å². The predicted molar refractivity (Wildman–Crippen MR) is 77.5 cm³/mol. The van der Waals surface area contributed by atoms with Gasteiger partial charge in [-0.25, -0.2) is 4.98 Å². The number of carbonyl (C=O) groups excluding carboxylic acids is 1. The van der Waals surface area contributed by atoms with Gasteiger partial charge in [-0.15, -0.1) is 0 Å². The molecule has 20 heavy (non-hydrogen) atoms. The van der Waals surface area contributed by atoms with Crippen LogP contribution in [0.5, 0.6) is 0 Å². The molecule has 1 aromatic heterocycles. The Morgan fingerprint density at radius 2 is 1.85 bits per heavy atom. The summed E-state index contributed by atoms with van der Waals surface area (Å²) in [7, 11) is 0. The van der Waals surface area contributed by atoms with E-state index in [0.717, 1.165) is 38.0 Å². The molecule has 1 aromatic carbocycles. The molecular formula is C16H19N3O. The molecule has 0 saturated carbocycles. The highest BCUT2D eigenvalue weighted by atomic mass is 16.2. The number of amides is 1. The fraction of sp³-hybridized carbons (Fsp3) is 0.375. The maximum absolute atomic E-state index is 12.3. The molecule has 1 amide bonds. The number of piperidine rings is 1. The molecule has 1 aliphatic heterocycles. The van der Waals surface area contributed by atoms with Crippen molar-refractivity contribution in [1.29, 1.82) is 0 Å². The molecule has 3 rings (SSSR count). The van der Waals surface area contributed by atoms with Crippen LogP contribution in [0.3, 0.4) is 0 Å². The van der Waals surface area contributed by atoms with Crippen LogP contribution in [0.4, 0.5) is 0 Å². The van der Waals surface area contributed by atoms with Crippen LogP contribution in [-0.4, -0.2) is 33.4 Å². The van der Waals surface area contributed by atoms with Gasteiger partial charge in [0.15, 0.2) is 0 Å². The second kappa shape index (κ2) is 5.90. The molecule has 1 saturated heterocycles. The van der Waals surface area contributed by atoms with Gasteiger partial charge in [0.1, 0.15) is 0 Å². The van der Waals surface area contributed by atoms with Crippen molar-refractivity contribution in [2.24, 2.45) is 0 Å². The summed E-state index contributed by atoms with van der Waals surface area (Å²) in [6, 6.07) is 7.92. The third kappa shape index (κ3) is 2.90. The van der Waals surface area contributed by atoms with E-state index in [-0.39, 0.29) is 5.91 Å². The van der Waals surface area contributed by atoms with Crippen molar-refractivity contribution in [2.45, 2.75) is 25.8 Å². The summed E-state index contributed by atoms with van der Waals surface area (Å²) in [6.45, 7) is 2.59. The SMILES string of the molecule is O=C(c1ccc(Cn2ccnc2)cc1)N1CCCCC1. The summed E-state index contributed by atoms with van der Waals surface area (Å²) < 4.78 is 2.02. The Labute approximate surface area is 119 Å². The summed E-state index contributed by atoms with van der Waals surface area (Å²) in [5.41, 5.74) is 1.97. The van der Waals surface area contributed by atoms with E-state index in [1.165, 1.54) is 12.0 Å². The van der Waals surface area contributed by atoms with E-state index < -0.39 is 0 Å². The number of aromatic nitrogens is 2. The summed E-state index contributed by atoms with van der Waals surface area (Å²) in [4.78, 5) is 18.3. The highest BCUT2D eigenvalue weighted by Crippen LogP contribution is 2.14. The molecule has 2 heterocycles. The molecule has 0 radical (unpaired) electrons. The molecule has 1 aliphatic rings. The zero-order chi connectivity index (χ0) is 13.8. The van der Waals surface area contributed by atoms with Gasteiger partial charge in [-0.1, -0.05) is 12.1 Å². The lowest BCUT2D eigenvalue weighted by Gasteiger charge is -2.26. The van der Waals surface area contributed by atoms with E-state index >= 15 is 0 Å².